The van der Waals surface area contributed by atoms with Gasteiger partial charge in [0.2, 0.25) is 0 Å². The molecular weight excluding hydrogens is 420 g/mol. The zero-order chi connectivity index (χ0) is 22.1. The van der Waals surface area contributed by atoms with E-state index < -0.39 is 6.17 Å². The van der Waals surface area contributed by atoms with Crippen molar-refractivity contribution in [2.24, 2.45) is 10.1 Å². The lowest BCUT2D eigenvalue weighted by Gasteiger charge is -2.34. The summed E-state index contributed by atoms with van der Waals surface area (Å²) >= 11 is 1.49. The Labute approximate surface area is 190 Å². The number of benzene rings is 3. The SMILES string of the molecule is COc1ccccc1[C@H]1N=c2ccccc2=C2C(=O)NC(SCc3ccc(C)cc3)=NN21. The molecule has 0 unspecified atom stereocenters. The lowest BCUT2D eigenvalue weighted by molar-refractivity contribution is -0.116. The van der Waals surface area contributed by atoms with Gasteiger partial charge in [0.15, 0.2) is 11.3 Å². The Morgan fingerprint density at radius 3 is 2.59 bits per heavy atom. The highest BCUT2D eigenvalue weighted by atomic mass is 32.2. The molecule has 32 heavy (non-hydrogen) atoms. The molecule has 160 valence electrons. The quantitative estimate of drug-likeness (QED) is 0.674. The van der Waals surface area contributed by atoms with E-state index in [1.54, 1.807) is 12.1 Å². The molecule has 1 amide bonds. The van der Waals surface area contributed by atoms with Crippen molar-refractivity contribution >= 4 is 28.5 Å². The fraction of sp³-hybridized carbons (Fsp3) is 0.160. The first-order valence-electron chi connectivity index (χ1n) is 10.3. The standard InChI is InChI=1S/C25H22N4O2S/c1-16-11-13-17(14-12-16)15-32-25-27-24(30)22-18-7-3-5-9-20(18)26-23(29(22)28-25)19-8-4-6-10-21(19)31-2/h3-14,23H,15H2,1-2H3,(H,27,28,30)/t23-/m0/s1. The topological polar surface area (TPSA) is 66.3 Å². The van der Waals surface area contributed by atoms with Crippen LogP contribution in [-0.4, -0.2) is 23.2 Å². The number of amidine groups is 1. The van der Waals surface area contributed by atoms with Gasteiger partial charge in [0.05, 0.1) is 12.5 Å². The van der Waals surface area contributed by atoms with Crippen molar-refractivity contribution in [3.05, 3.63) is 100 Å². The average molecular weight is 443 g/mol. The van der Waals surface area contributed by atoms with Crippen LogP contribution in [0.1, 0.15) is 22.9 Å². The van der Waals surface area contributed by atoms with E-state index in [2.05, 4.69) is 36.5 Å². The van der Waals surface area contributed by atoms with Crippen molar-refractivity contribution in [2.45, 2.75) is 18.8 Å². The Bertz CT molecular complexity index is 1330. The molecule has 1 N–H and O–H groups in total. The van der Waals surface area contributed by atoms with Crippen molar-refractivity contribution in [3.63, 3.8) is 0 Å². The van der Waals surface area contributed by atoms with Gasteiger partial charge in [-0.25, -0.2) is 5.01 Å². The van der Waals surface area contributed by atoms with E-state index in [0.29, 0.717) is 22.4 Å². The molecule has 2 aliphatic heterocycles. The molecule has 0 bridgehead atoms. The first-order chi connectivity index (χ1) is 15.6. The largest absolute Gasteiger partial charge is 0.496 e. The summed E-state index contributed by atoms with van der Waals surface area (Å²) in [6.45, 7) is 2.06. The molecule has 0 aromatic heterocycles. The van der Waals surface area contributed by atoms with Crippen molar-refractivity contribution < 1.29 is 9.53 Å². The number of ether oxygens (including phenoxy) is 1. The molecular formula is C25H22N4O2S. The number of hydrogen-bond acceptors (Lipinski definition) is 6. The second-order valence-corrected chi connectivity index (χ2v) is 8.55. The smallest absolute Gasteiger partial charge is 0.276 e. The molecule has 5 rings (SSSR count). The molecule has 0 saturated carbocycles. The summed E-state index contributed by atoms with van der Waals surface area (Å²) in [5.74, 6) is 1.22. The highest BCUT2D eigenvalue weighted by molar-refractivity contribution is 8.13. The van der Waals surface area contributed by atoms with Gasteiger partial charge in [-0.05, 0) is 24.6 Å². The van der Waals surface area contributed by atoms with Gasteiger partial charge in [0.25, 0.3) is 5.91 Å². The maximum Gasteiger partial charge on any atom is 0.276 e. The van der Waals surface area contributed by atoms with E-state index >= 15 is 0 Å². The third-order valence-corrected chi connectivity index (χ3v) is 6.36. The van der Waals surface area contributed by atoms with Gasteiger partial charge in [0.1, 0.15) is 11.4 Å². The van der Waals surface area contributed by atoms with E-state index in [9.17, 15) is 4.79 Å². The second-order valence-electron chi connectivity index (χ2n) is 7.59. The van der Waals surface area contributed by atoms with Crippen molar-refractivity contribution in [3.8, 4) is 5.75 Å². The fourth-order valence-corrected chi connectivity index (χ4v) is 4.62. The molecule has 1 atom stereocenters. The number of fused-ring (bicyclic) bond motifs is 2. The van der Waals surface area contributed by atoms with Gasteiger partial charge in [-0.1, -0.05) is 78.0 Å². The van der Waals surface area contributed by atoms with Gasteiger partial charge >= 0.3 is 0 Å². The van der Waals surface area contributed by atoms with Crippen LogP contribution in [0.15, 0.2) is 82.9 Å². The summed E-state index contributed by atoms with van der Waals surface area (Å²) in [7, 11) is 1.63. The predicted molar refractivity (Wildman–Crippen MR) is 126 cm³/mol. The molecule has 3 aromatic rings. The Kier molecular flexibility index (Phi) is 5.41. The zero-order valence-electron chi connectivity index (χ0n) is 17.8. The Morgan fingerprint density at radius 1 is 1.03 bits per heavy atom. The second kappa shape index (κ2) is 8.51. The summed E-state index contributed by atoms with van der Waals surface area (Å²) in [5, 5.41) is 11.6. The summed E-state index contributed by atoms with van der Waals surface area (Å²) in [6.07, 6.45) is -0.503. The number of carbonyl (C=O) groups is 1. The maximum absolute atomic E-state index is 13.2. The summed E-state index contributed by atoms with van der Waals surface area (Å²) in [6, 6.07) is 23.7. The zero-order valence-corrected chi connectivity index (χ0v) is 18.6. The van der Waals surface area contributed by atoms with Crippen LogP contribution < -0.4 is 20.6 Å². The lowest BCUT2D eigenvalue weighted by Crippen LogP contribution is -2.50. The minimum atomic E-state index is -0.503. The number of hydrazone groups is 1. The highest BCUT2D eigenvalue weighted by Gasteiger charge is 2.35. The fourth-order valence-electron chi connectivity index (χ4n) is 3.81. The lowest BCUT2D eigenvalue weighted by atomic mass is 10.1. The van der Waals surface area contributed by atoms with Crippen molar-refractivity contribution in [1.29, 1.82) is 0 Å². The molecule has 0 saturated heterocycles. The number of rotatable bonds is 4. The van der Waals surface area contributed by atoms with Crippen LogP contribution in [0.25, 0.3) is 5.70 Å². The van der Waals surface area contributed by atoms with Crippen LogP contribution in [0.5, 0.6) is 5.75 Å². The first-order valence-corrected chi connectivity index (χ1v) is 11.3. The first kappa shape index (κ1) is 20.3. The van der Waals surface area contributed by atoms with Crippen LogP contribution in [0.4, 0.5) is 0 Å². The Hall–Kier alpha value is -3.58. The van der Waals surface area contributed by atoms with Crippen LogP contribution in [0.3, 0.4) is 0 Å². The third-order valence-electron chi connectivity index (χ3n) is 5.43. The van der Waals surface area contributed by atoms with E-state index in [-0.39, 0.29) is 5.91 Å². The van der Waals surface area contributed by atoms with Gasteiger partial charge in [-0.15, -0.1) is 5.10 Å². The minimum Gasteiger partial charge on any atom is -0.496 e. The Balaban J connectivity index is 1.57. The van der Waals surface area contributed by atoms with Crippen LogP contribution >= 0.6 is 11.8 Å². The maximum atomic E-state index is 13.2. The third kappa shape index (κ3) is 3.76. The van der Waals surface area contributed by atoms with Gasteiger partial charge in [0, 0.05) is 16.5 Å². The summed E-state index contributed by atoms with van der Waals surface area (Å²) in [4.78, 5) is 18.2. The van der Waals surface area contributed by atoms with Crippen LogP contribution in [0.2, 0.25) is 0 Å². The van der Waals surface area contributed by atoms with Crippen LogP contribution in [-0.2, 0) is 10.5 Å². The molecule has 2 aliphatic rings. The molecule has 0 aliphatic carbocycles. The van der Waals surface area contributed by atoms with E-state index in [4.69, 9.17) is 14.8 Å². The number of carbonyl (C=O) groups excluding carboxylic acids is 1. The average Bonchev–Trinajstić information content (AvgIpc) is 2.83. The van der Waals surface area contributed by atoms with E-state index in [1.165, 1.54) is 22.9 Å². The minimum absolute atomic E-state index is 0.186. The number of nitrogens with one attached hydrogen (secondary N) is 1. The number of thioether (sulfide) groups is 1. The number of hydrogen-bond donors (Lipinski definition) is 1. The van der Waals surface area contributed by atoms with E-state index in [0.717, 1.165) is 16.1 Å². The van der Waals surface area contributed by atoms with Crippen molar-refractivity contribution in [1.82, 2.24) is 10.3 Å². The molecule has 3 aromatic carbocycles. The molecule has 2 heterocycles. The van der Waals surface area contributed by atoms with E-state index in [1.807, 2.05) is 48.5 Å². The highest BCUT2D eigenvalue weighted by Crippen LogP contribution is 2.35. The number of para-hydroxylation sites is 2. The normalized spacial score (nSPS) is 17.0. The molecule has 6 nitrogen and oxygen atoms in total. The van der Waals surface area contributed by atoms with Gasteiger partial charge in [-0.2, -0.15) is 0 Å². The molecule has 0 fully saturated rings. The summed E-state index contributed by atoms with van der Waals surface area (Å²) in [5.41, 5.74) is 3.73. The van der Waals surface area contributed by atoms with Gasteiger partial charge in [-0.3, -0.25) is 15.1 Å². The number of amides is 1. The number of aryl methyl sites for hydroxylation is 1. The number of methoxy groups -OCH3 is 1. The molecule has 0 radical (unpaired) electrons. The molecule has 7 heteroatoms. The Morgan fingerprint density at radius 2 is 1.78 bits per heavy atom. The van der Waals surface area contributed by atoms with Crippen molar-refractivity contribution in [2.75, 3.05) is 7.11 Å². The number of nitrogens with zero attached hydrogens (tertiary/aromatic N) is 3. The predicted octanol–water partition coefficient (Wildman–Crippen LogP) is 3.08. The summed E-state index contributed by atoms with van der Waals surface area (Å²) < 4.78 is 5.58. The molecule has 0 spiro atoms. The monoisotopic (exact) mass is 442 g/mol. The van der Waals surface area contributed by atoms with Gasteiger partial charge < -0.3 is 4.74 Å². The van der Waals surface area contributed by atoms with Crippen LogP contribution in [0, 0.1) is 6.92 Å².